The summed E-state index contributed by atoms with van der Waals surface area (Å²) in [4.78, 5) is 0. The molecule has 2 aliphatic rings. The smallest absolute Gasteiger partial charge is 0.0738 e. The predicted octanol–water partition coefficient (Wildman–Crippen LogP) is 2.21. The highest BCUT2D eigenvalue weighted by molar-refractivity contribution is 9.10. The molecule has 3 rings (SSSR count). The summed E-state index contributed by atoms with van der Waals surface area (Å²) < 4.78 is 8.94. The number of nitrogens with zero attached hydrogens (tertiary/aromatic N) is 2. The van der Waals surface area contributed by atoms with Gasteiger partial charge in [-0.2, -0.15) is 5.10 Å². The summed E-state index contributed by atoms with van der Waals surface area (Å²) in [5.74, 6) is 0.655. The largest absolute Gasteiger partial charge is 0.396 e. The van der Waals surface area contributed by atoms with Gasteiger partial charge in [0, 0.05) is 25.5 Å². The number of rotatable bonds is 4. The van der Waals surface area contributed by atoms with Crippen LogP contribution < -0.4 is 0 Å². The Morgan fingerprint density at radius 1 is 1.53 bits per heavy atom. The molecule has 1 aliphatic carbocycles. The number of aliphatic hydroxyl groups excluding tert-OH is 1. The molecule has 1 N–H and O–H groups in total. The lowest BCUT2D eigenvalue weighted by atomic mass is 9.76. The molecule has 2 atom stereocenters. The molecule has 0 radical (unpaired) electrons. The topological polar surface area (TPSA) is 47.3 Å². The molecule has 19 heavy (non-hydrogen) atoms. The van der Waals surface area contributed by atoms with E-state index >= 15 is 0 Å². The van der Waals surface area contributed by atoms with Crippen LogP contribution in [0.15, 0.2) is 4.47 Å². The van der Waals surface area contributed by atoms with Crippen molar-refractivity contribution in [2.75, 3.05) is 13.2 Å². The molecule has 5 heteroatoms. The van der Waals surface area contributed by atoms with Crippen molar-refractivity contribution in [3.8, 4) is 0 Å². The molecule has 106 valence electrons. The summed E-state index contributed by atoms with van der Waals surface area (Å²) in [6.07, 6.45) is 4.50. The molecule has 1 saturated heterocycles. The Labute approximate surface area is 122 Å². The number of aliphatic hydroxyl groups is 1. The maximum Gasteiger partial charge on any atom is 0.0738 e. The van der Waals surface area contributed by atoms with Crippen LogP contribution in [0.1, 0.15) is 30.7 Å². The molecule has 1 saturated carbocycles. The Kier molecular flexibility index (Phi) is 3.48. The van der Waals surface area contributed by atoms with Crippen molar-refractivity contribution in [2.24, 2.45) is 18.4 Å². The van der Waals surface area contributed by atoms with Crippen molar-refractivity contribution in [2.45, 2.75) is 38.7 Å². The highest BCUT2D eigenvalue weighted by atomic mass is 79.9. The van der Waals surface area contributed by atoms with Gasteiger partial charge >= 0.3 is 0 Å². The summed E-state index contributed by atoms with van der Waals surface area (Å²) in [6, 6.07) is 0. The number of ether oxygens (including phenoxy) is 1. The van der Waals surface area contributed by atoms with Crippen LogP contribution in [0.5, 0.6) is 0 Å². The van der Waals surface area contributed by atoms with E-state index in [-0.39, 0.29) is 18.1 Å². The molecular formula is C14H21BrN2O2. The molecule has 0 amide bonds. The minimum atomic E-state index is -0.121. The number of hydrogen-bond acceptors (Lipinski definition) is 3. The van der Waals surface area contributed by atoms with E-state index in [1.54, 1.807) is 0 Å². The Bertz CT molecular complexity index is 484. The molecule has 0 bridgehead atoms. The molecule has 1 aliphatic heterocycles. The van der Waals surface area contributed by atoms with Crippen molar-refractivity contribution >= 4 is 15.9 Å². The average Bonchev–Trinajstić information content (AvgIpc) is 3.11. The van der Waals surface area contributed by atoms with Crippen LogP contribution in [0.4, 0.5) is 0 Å². The normalized spacial score (nSPS) is 31.1. The number of halogens is 1. The van der Waals surface area contributed by atoms with Gasteiger partial charge in [-0.3, -0.25) is 4.68 Å². The summed E-state index contributed by atoms with van der Waals surface area (Å²) in [7, 11) is 1.97. The fraction of sp³-hybridized carbons (Fsp3) is 0.786. The lowest BCUT2D eigenvalue weighted by Gasteiger charge is -2.32. The number of aryl methyl sites for hydroxylation is 2. The molecule has 2 fully saturated rings. The molecule has 2 heterocycles. The second-order valence-electron chi connectivity index (χ2n) is 6.05. The third-order valence-corrected chi connectivity index (χ3v) is 5.68. The van der Waals surface area contributed by atoms with Crippen molar-refractivity contribution < 1.29 is 9.84 Å². The molecule has 1 aromatic heterocycles. The SMILES string of the molecule is Cc1nn(C)c(CC2(CO)CCOC2C2CC2)c1Br. The van der Waals surface area contributed by atoms with E-state index in [1.165, 1.54) is 18.5 Å². The Balaban J connectivity index is 1.90. The first-order valence-corrected chi connectivity index (χ1v) is 7.77. The molecular weight excluding hydrogens is 308 g/mol. The molecule has 2 unspecified atom stereocenters. The maximum absolute atomic E-state index is 9.99. The number of aromatic nitrogens is 2. The van der Waals surface area contributed by atoms with Crippen molar-refractivity contribution in [3.63, 3.8) is 0 Å². The second kappa shape index (κ2) is 4.86. The van der Waals surface area contributed by atoms with E-state index in [1.807, 2.05) is 18.7 Å². The van der Waals surface area contributed by atoms with Gasteiger partial charge in [-0.25, -0.2) is 0 Å². The van der Waals surface area contributed by atoms with Gasteiger partial charge in [0.2, 0.25) is 0 Å². The summed E-state index contributed by atoms with van der Waals surface area (Å²) in [6.45, 7) is 2.98. The van der Waals surface area contributed by atoms with Crippen LogP contribution in [0.3, 0.4) is 0 Å². The standard InChI is InChI=1S/C14H21BrN2O2/c1-9-12(15)11(17(2)16-9)7-14(8-18)5-6-19-13(14)10-3-4-10/h10,13,18H,3-8H2,1-2H3. The second-order valence-corrected chi connectivity index (χ2v) is 6.84. The lowest BCUT2D eigenvalue weighted by molar-refractivity contribution is -0.000387. The Morgan fingerprint density at radius 2 is 2.26 bits per heavy atom. The first kappa shape index (κ1) is 13.6. The van der Waals surface area contributed by atoms with E-state index in [0.717, 1.165) is 29.6 Å². The Morgan fingerprint density at radius 3 is 2.79 bits per heavy atom. The van der Waals surface area contributed by atoms with Gasteiger partial charge in [-0.15, -0.1) is 0 Å². The summed E-state index contributed by atoms with van der Waals surface area (Å²) in [5, 5.41) is 14.4. The van der Waals surface area contributed by atoms with Crippen LogP contribution in [0.2, 0.25) is 0 Å². The van der Waals surface area contributed by atoms with Gasteiger partial charge in [0.15, 0.2) is 0 Å². The van der Waals surface area contributed by atoms with Gasteiger partial charge in [0.05, 0.1) is 28.6 Å². The third kappa shape index (κ3) is 2.26. The van der Waals surface area contributed by atoms with Gasteiger partial charge in [-0.05, 0) is 48.0 Å². The highest BCUT2D eigenvalue weighted by Crippen LogP contribution is 2.49. The van der Waals surface area contributed by atoms with Crippen molar-refractivity contribution in [1.82, 2.24) is 9.78 Å². The minimum absolute atomic E-state index is 0.121. The third-order valence-electron chi connectivity index (χ3n) is 4.65. The zero-order valence-corrected chi connectivity index (χ0v) is 13.1. The Hall–Kier alpha value is -0.390. The molecule has 0 aromatic carbocycles. The van der Waals surface area contributed by atoms with Gasteiger partial charge in [-0.1, -0.05) is 0 Å². The first-order valence-electron chi connectivity index (χ1n) is 6.98. The quantitative estimate of drug-likeness (QED) is 0.921. The summed E-state index contributed by atoms with van der Waals surface area (Å²) >= 11 is 3.63. The lowest BCUT2D eigenvalue weighted by Crippen LogP contribution is -2.39. The molecule has 0 spiro atoms. The monoisotopic (exact) mass is 328 g/mol. The van der Waals surface area contributed by atoms with E-state index < -0.39 is 0 Å². The van der Waals surface area contributed by atoms with Crippen LogP contribution in [0, 0.1) is 18.3 Å². The zero-order chi connectivity index (χ0) is 13.6. The molecule has 1 aromatic rings. The van der Waals surface area contributed by atoms with Gasteiger partial charge in [0.25, 0.3) is 0 Å². The summed E-state index contributed by atoms with van der Waals surface area (Å²) in [5.41, 5.74) is 2.05. The van der Waals surface area contributed by atoms with Crippen LogP contribution in [-0.4, -0.2) is 34.2 Å². The molecule has 4 nitrogen and oxygen atoms in total. The van der Waals surface area contributed by atoms with Crippen molar-refractivity contribution in [3.05, 3.63) is 15.9 Å². The van der Waals surface area contributed by atoms with Gasteiger partial charge in [0.1, 0.15) is 0 Å². The van der Waals surface area contributed by atoms with Gasteiger partial charge < -0.3 is 9.84 Å². The zero-order valence-electron chi connectivity index (χ0n) is 11.5. The predicted molar refractivity (Wildman–Crippen MR) is 75.9 cm³/mol. The van der Waals surface area contributed by atoms with Crippen molar-refractivity contribution in [1.29, 1.82) is 0 Å². The highest BCUT2D eigenvalue weighted by Gasteiger charge is 2.51. The van der Waals surface area contributed by atoms with E-state index in [0.29, 0.717) is 5.92 Å². The fourth-order valence-electron chi connectivity index (χ4n) is 3.36. The van der Waals surface area contributed by atoms with Crippen LogP contribution >= 0.6 is 15.9 Å². The number of hydrogen-bond donors (Lipinski definition) is 1. The van der Waals surface area contributed by atoms with E-state index in [4.69, 9.17) is 4.74 Å². The maximum atomic E-state index is 9.99. The fourth-order valence-corrected chi connectivity index (χ4v) is 3.84. The minimum Gasteiger partial charge on any atom is -0.396 e. The van der Waals surface area contributed by atoms with Crippen LogP contribution in [-0.2, 0) is 18.2 Å². The van der Waals surface area contributed by atoms with Crippen LogP contribution in [0.25, 0.3) is 0 Å². The first-order chi connectivity index (χ1) is 9.07. The van der Waals surface area contributed by atoms with E-state index in [9.17, 15) is 5.11 Å². The van der Waals surface area contributed by atoms with E-state index in [2.05, 4.69) is 21.0 Å². The average molecular weight is 329 g/mol.